The molecule has 2 aliphatic rings. The first-order valence-corrected chi connectivity index (χ1v) is 15.9. The molecule has 3 N–H and O–H groups in total. The molecular weight excluding hydrogens is 540 g/mol. The fourth-order valence-electron chi connectivity index (χ4n) is 4.21. The summed E-state index contributed by atoms with van der Waals surface area (Å²) in [5.74, 6) is 9.08. The van der Waals surface area contributed by atoms with Crippen molar-refractivity contribution < 1.29 is 17.9 Å². The highest BCUT2D eigenvalue weighted by Crippen LogP contribution is 2.37. The molecular formula is C30H42N6O4S. The number of pyridine rings is 2. The molecule has 2 saturated carbocycles. The van der Waals surface area contributed by atoms with E-state index in [0.29, 0.717) is 54.4 Å². The summed E-state index contributed by atoms with van der Waals surface area (Å²) in [5, 5.41) is 9.07. The van der Waals surface area contributed by atoms with Crippen LogP contribution in [0.3, 0.4) is 0 Å². The van der Waals surface area contributed by atoms with E-state index in [0.717, 1.165) is 17.3 Å². The second kappa shape index (κ2) is 14.0. The number of ether oxygens (including phenoxy) is 1. The molecule has 222 valence electrons. The van der Waals surface area contributed by atoms with Crippen molar-refractivity contribution in [2.45, 2.75) is 57.7 Å². The number of nitrogens with one attached hydrogen (secondary N) is 3. The van der Waals surface area contributed by atoms with E-state index in [4.69, 9.17) is 4.74 Å². The average molecular weight is 583 g/mol. The Balaban J connectivity index is 1.47. The average Bonchev–Trinajstić information content (AvgIpc) is 3.90. The number of sulfonamides is 1. The zero-order valence-corrected chi connectivity index (χ0v) is 25.2. The fraction of sp³-hybridized carbons (Fsp3) is 0.567. The van der Waals surface area contributed by atoms with E-state index in [2.05, 4.69) is 44.7 Å². The molecule has 2 heterocycles. The van der Waals surface area contributed by atoms with E-state index in [1.54, 1.807) is 38.4 Å². The second-order valence-electron chi connectivity index (χ2n) is 11.2. The molecule has 41 heavy (non-hydrogen) atoms. The molecule has 4 rings (SSSR count). The Morgan fingerprint density at radius 2 is 2.05 bits per heavy atom. The Bertz CT molecular complexity index is 1340. The summed E-state index contributed by atoms with van der Waals surface area (Å²) < 4.78 is 32.9. The molecule has 0 spiro atoms. The van der Waals surface area contributed by atoms with Crippen LogP contribution in [-0.4, -0.2) is 68.9 Å². The summed E-state index contributed by atoms with van der Waals surface area (Å²) in [6.07, 6.45) is 7.44. The number of carbonyl (C=O) groups is 1. The van der Waals surface area contributed by atoms with Crippen LogP contribution in [0.25, 0.3) is 0 Å². The predicted octanol–water partition coefficient (Wildman–Crippen LogP) is 3.29. The van der Waals surface area contributed by atoms with Gasteiger partial charge in [0.05, 0.1) is 24.0 Å². The van der Waals surface area contributed by atoms with E-state index in [1.807, 2.05) is 6.07 Å². The number of aromatic nitrogens is 2. The Labute approximate surface area is 244 Å². The maximum absolute atomic E-state index is 13.6. The number of anilines is 2. The molecule has 11 heteroatoms. The summed E-state index contributed by atoms with van der Waals surface area (Å²) in [6, 6.07) is 6.48. The topological polar surface area (TPSA) is 126 Å². The van der Waals surface area contributed by atoms with Gasteiger partial charge in [0.1, 0.15) is 24.0 Å². The van der Waals surface area contributed by atoms with E-state index in [1.165, 1.54) is 26.0 Å². The lowest BCUT2D eigenvalue weighted by molar-refractivity contribution is 0.0918. The summed E-state index contributed by atoms with van der Waals surface area (Å²) in [7, 11) is -2.17. The van der Waals surface area contributed by atoms with Crippen LogP contribution in [0.2, 0.25) is 0 Å². The van der Waals surface area contributed by atoms with E-state index < -0.39 is 15.3 Å². The minimum absolute atomic E-state index is 0.191. The molecule has 2 aromatic heterocycles. The Morgan fingerprint density at radius 1 is 1.27 bits per heavy atom. The molecule has 0 saturated heterocycles. The first-order chi connectivity index (χ1) is 19.6. The molecule has 2 fully saturated rings. The second-order valence-corrected chi connectivity index (χ2v) is 13.8. The normalized spacial score (nSPS) is 18.7. The molecule has 0 aliphatic heterocycles. The molecule has 2 aliphatic carbocycles. The van der Waals surface area contributed by atoms with Crippen LogP contribution in [0.1, 0.15) is 56.8 Å². The largest absolute Gasteiger partial charge is 0.490 e. The van der Waals surface area contributed by atoms with Crippen molar-refractivity contribution in [1.29, 1.82) is 0 Å². The van der Waals surface area contributed by atoms with Crippen LogP contribution in [0, 0.1) is 29.6 Å². The zero-order chi connectivity index (χ0) is 29.4. The van der Waals surface area contributed by atoms with Crippen molar-refractivity contribution >= 4 is 27.6 Å². The Morgan fingerprint density at radius 3 is 2.71 bits per heavy atom. The summed E-state index contributed by atoms with van der Waals surface area (Å²) in [4.78, 5) is 22.2. The van der Waals surface area contributed by atoms with Crippen LogP contribution in [-0.2, 0) is 10.0 Å². The number of rotatable bonds is 15. The molecule has 1 amide bonds. The third-order valence-corrected chi connectivity index (χ3v) is 9.52. The lowest BCUT2D eigenvalue weighted by atomic mass is 10.1. The van der Waals surface area contributed by atoms with Gasteiger partial charge >= 0.3 is 0 Å². The molecule has 0 bridgehead atoms. The van der Waals surface area contributed by atoms with Crippen LogP contribution >= 0.6 is 0 Å². The third-order valence-electron chi connectivity index (χ3n) is 7.38. The summed E-state index contributed by atoms with van der Waals surface area (Å²) in [6.45, 7) is 7.64. The van der Waals surface area contributed by atoms with Crippen LogP contribution in [0.4, 0.5) is 11.6 Å². The molecule has 2 aromatic rings. The van der Waals surface area contributed by atoms with Gasteiger partial charge in [-0.15, -0.1) is 0 Å². The number of carbonyl (C=O) groups excluding carboxylic acids is 1. The van der Waals surface area contributed by atoms with Crippen LogP contribution < -0.4 is 25.0 Å². The van der Waals surface area contributed by atoms with E-state index >= 15 is 0 Å². The number of hydrogen-bond donors (Lipinski definition) is 3. The van der Waals surface area contributed by atoms with Gasteiger partial charge in [-0.2, -0.15) is 0 Å². The lowest BCUT2D eigenvalue weighted by Gasteiger charge is -2.23. The molecule has 0 aromatic carbocycles. The molecule has 3 atom stereocenters. The first kappa shape index (κ1) is 30.6. The van der Waals surface area contributed by atoms with Crippen molar-refractivity contribution in [3.63, 3.8) is 0 Å². The molecule has 10 nitrogen and oxygen atoms in total. The van der Waals surface area contributed by atoms with Gasteiger partial charge in [-0.1, -0.05) is 18.8 Å². The minimum atomic E-state index is -3.63. The summed E-state index contributed by atoms with van der Waals surface area (Å²) >= 11 is 0. The number of hydrogen-bond acceptors (Lipinski definition) is 8. The van der Waals surface area contributed by atoms with Crippen molar-refractivity contribution in [1.82, 2.24) is 20.6 Å². The van der Waals surface area contributed by atoms with Gasteiger partial charge in [0.2, 0.25) is 10.0 Å². The van der Waals surface area contributed by atoms with Gasteiger partial charge in [-0.3, -0.25) is 14.1 Å². The van der Waals surface area contributed by atoms with Crippen LogP contribution in [0.5, 0.6) is 5.75 Å². The number of nitrogens with zero attached hydrogens (tertiary/aromatic N) is 3. The van der Waals surface area contributed by atoms with Crippen molar-refractivity contribution in [3.8, 4) is 17.6 Å². The Hall–Kier alpha value is -3.36. The van der Waals surface area contributed by atoms with Gasteiger partial charge in [-0.05, 0) is 82.2 Å². The lowest BCUT2D eigenvalue weighted by Crippen LogP contribution is -2.41. The highest BCUT2D eigenvalue weighted by Gasteiger charge is 2.32. The number of amides is 1. The first-order valence-electron chi connectivity index (χ1n) is 14.4. The monoisotopic (exact) mass is 582 g/mol. The van der Waals surface area contributed by atoms with Gasteiger partial charge in [0, 0.05) is 31.3 Å². The smallest absolute Gasteiger partial charge is 0.251 e. The molecule has 0 radical (unpaired) electrons. The molecule has 3 unspecified atom stereocenters. The van der Waals surface area contributed by atoms with Crippen molar-refractivity contribution in [2.75, 3.05) is 42.9 Å². The highest BCUT2D eigenvalue weighted by atomic mass is 32.2. The zero-order valence-electron chi connectivity index (χ0n) is 24.4. The minimum Gasteiger partial charge on any atom is -0.490 e. The van der Waals surface area contributed by atoms with Gasteiger partial charge in [0.25, 0.3) is 5.91 Å². The van der Waals surface area contributed by atoms with Crippen molar-refractivity contribution in [2.24, 2.45) is 17.8 Å². The maximum atomic E-state index is 13.6. The fourth-order valence-corrected chi connectivity index (χ4v) is 5.20. The SMILES string of the molecule is CC1CC1CNc1cc(C(=O)NC(CCNCC#CC2CC2)COc2cccnc2)cc(N(C)S(=O)(=O)C(C)C)n1. The van der Waals surface area contributed by atoms with Gasteiger partial charge < -0.3 is 20.7 Å². The predicted molar refractivity (Wildman–Crippen MR) is 161 cm³/mol. The quantitative estimate of drug-likeness (QED) is 0.216. The summed E-state index contributed by atoms with van der Waals surface area (Å²) in [5.41, 5.74) is 0.321. The van der Waals surface area contributed by atoms with Crippen LogP contribution in [0.15, 0.2) is 36.7 Å². The van der Waals surface area contributed by atoms with E-state index in [-0.39, 0.29) is 24.4 Å². The van der Waals surface area contributed by atoms with Crippen molar-refractivity contribution in [3.05, 3.63) is 42.2 Å². The third kappa shape index (κ3) is 9.33. The van der Waals surface area contributed by atoms with Gasteiger partial charge in [0.15, 0.2) is 0 Å². The highest BCUT2D eigenvalue weighted by molar-refractivity contribution is 7.93. The standard InChI is InChI=1S/C30H42N6O4S/c1-21(2)41(38,39)36(4)29-17-24(16-28(35-29)33-18-25-15-22(25)3)30(37)34-26(20-40-27-8-6-13-32-19-27)11-14-31-12-5-7-23-9-10-23/h6,8,13,16-17,19,21-23,25-26,31H,9-12,14-15,18,20H2,1-4H3,(H,33,35)(H,34,37). The van der Waals surface area contributed by atoms with Gasteiger partial charge in [-0.25, -0.2) is 13.4 Å². The Kier molecular flexibility index (Phi) is 10.5. The van der Waals surface area contributed by atoms with E-state index in [9.17, 15) is 13.2 Å². The maximum Gasteiger partial charge on any atom is 0.251 e.